The fraction of sp³-hybridized carbons (Fsp3) is 0.538. The van der Waals surface area contributed by atoms with E-state index in [1.807, 2.05) is 11.8 Å². The molecule has 0 aromatic heterocycles. The van der Waals surface area contributed by atoms with E-state index >= 15 is 0 Å². The number of non-ortho nitro benzene ring substituents is 1. The van der Waals surface area contributed by atoms with Crippen LogP contribution in [-0.4, -0.2) is 39.1 Å². The van der Waals surface area contributed by atoms with Crippen LogP contribution in [-0.2, 0) is 14.8 Å². The molecule has 0 aliphatic carbocycles. The Morgan fingerprint density at radius 2 is 2.23 bits per heavy atom. The maximum Gasteiger partial charge on any atom is 0.270 e. The minimum Gasteiger partial charge on any atom is -0.377 e. The van der Waals surface area contributed by atoms with Gasteiger partial charge >= 0.3 is 0 Å². The predicted octanol–water partition coefficient (Wildman–Crippen LogP) is 1.25. The molecule has 1 unspecified atom stereocenters. The average molecular weight is 329 g/mol. The van der Waals surface area contributed by atoms with Crippen LogP contribution in [0.3, 0.4) is 0 Å². The molecule has 1 aliphatic heterocycles. The van der Waals surface area contributed by atoms with E-state index < -0.39 is 14.9 Å². The zero-order valence-corrected chi connectivity index (χ0v) is 13.1. The number of benzene rings is 1. The van der Waals surface area contributed by atoms with Gasteiger partial charge in [0.15, 0.2) is 0 Å². The molecule has 1 heterocycles. The monoisotopic (exact) mass is 329 g/mol. The molecule has 2 N–H and O–H groups in total. The van der Waals surface area contributed by atoms with E-state index in [1.165, 1.54) is 12.1 Å². The number of nitrogens with zero attached hydrogens (tertiary/aromatic N) is 2. The van der Waals surface area contributed by atoms with Gasteiger partial charge in [-0.15, -0.1) is 0 Å². The van der Waals surface area contributed by atoms with Gasteiger partial charge in [0.25, 0.3) is 5.69 Å². The Hall–Kier alpha value is -1.71. The van der Waals surface area contributed by atoms with Crippen molar-refractivity contribution in [3.05, 3.63) is 28.3 Å². The average Bonchev–Trinajstić information content (AvgIpc) is 2.46. The Morgan fingerprint density at radius 1 is 1.50 bits per heavy atom. The second-order valence-electron chi connectivity index (χ2n) is 5.12. The first-order valence-corrected chi connectivity index (χ1v) is 8.55. The number of sulfonamides is 1. The van der Waals surface area contributed by atoms with Gasteiger partial charge in [-0.25, -0.2) is 13.6 Å². The highest BCUT2D eigenvalue weighted by Gasteiger charge is 2.26. The van der Waals surface area contributed by atoms with Crippen molar-refractivity contribution in [1.29, 1.82) is 0 Å². The fourth-order valence-corrected chi connectivity index (χ4v) is 3.41. The Bertz CT molecular complexity index is 660. The third kappa shape index (κ3) is 3.73. The summed E-state index contributed by atoms with van der Waals surface area (Å²) in [5, 5.41) is 16.1. The first-order chi connectivity index (χ1) is 10.3. The lowest BCUT2D eigenvalue weighted by Crippen LogP contribution is -2.40. The van der Waals surface area contributed by atoms with Crippen molar-refractivity contribution in [2.24, 2.45) is 5.14 Å². The molecule has 1 aromatic carbocycles. The molecular formula is C13H19N3O5S. The van der Waals surface area contributed by atoms with Crippen LogP contribution in [0.4, 0.5) is 11.4 Å². The maximum absolute atomic E-state index is 11.8. The quantitative estimate of drug-likeness (QED) is 0.642. The van der Waals surface area contributed by atoms with Crippen molar-refractivity contribution in [3.8, 4) is 0 Å². The zero-order valence-electron chi connectivity index (χ0n) is 12.3. The summed E-state index contributed by atoms with van der Waals surface area (Å²) >= 11 is 0. The van der Waals surface area contributed by atoms with E-state index in [4.69, 9.17) is 9.88 Å². The Balaban J connectivity index is 2.39. The lowest BCUT2D eigenvalue weighted by atomic mass is 10.1. The van der Waals surface area contributed by atoms with Crippen LogP contribution in [0.5, 0.6) is 0 Å². The number of hydrogen-bond donors (Lipinski definition) is 1. The van der Waals surface area contributed by atoms with Gasteiger partial charge in [-0.2, -0.15) is 0 Å². The van der Waals surface area contributed by atoms with E-state index in [-0.39, 0.29) is 16.7 Å². The van der Waals surface area contributed by atoms with Gasteiger partial charge < -0.3 is 9.64 Å². The molecule has 0 saturated carbocycles. The minimum atomic E-state index is -4.06. The topological polar surface area (TPSA) is 116 Å². The predicted molar refractivity (Wildman–Crippen MR) is 81.3 cm³/mol. The van der Waals surface area contributed by atoms with E-state index in [1.54, 1.807) is 0 Å². The number of nitro groups is 1. The lowest BCUT2D eigenvalue weighted by Gasteiger charge is -2.34. The molecule has 2 rings (SSSR count). The van der Waals surface area contributed by atoms with Gasteiger partial charge in [0.1, 0.15) is 4.90 Å². The largest absolute Gasteiger partial charge is 0.377 e. The molecule has 1 aliphatic rings. The molecule has 1 fully saturated rings. The molecule has 0 bridgehead atoms. The summed E-state index contributed by atoms with van der Waals surface area (Å²) in [6.45, 7) is 3.68. The number of piperidine rings is 1. The van der Waals surface area contributed by atoms with Gasteiger partial charge in [-0.3, -0.25) is 10.1 Å². The highest BCUT2D eigenvalue weighted by Crippen LogP contribution is 2.31. The van der Waals surface area contributed by atoms with Crippen molar-refractivity contribution < 1.29 is 18.1 Å². The maximum atomic E-state index is 11.8. The molecule has 9 heteroatoms. The number of primary sulfonamides is 1. The van der Waals surface area contributed by atoms with E-state index in [0.717, 1.165) is 18.9 Å². The van der Waals surface area contributed by atoms with Crippen molar-refractivity contribution in [1.82, 2.24) is 0 Å². The van der Waals surface area contributed by atoms with Gasteiger partial charge in [0.2, 0.25) is 10.0 Å². The first kappa shape index (κ1) is 16.7. The number of hydrogen-bond acceptors (Lipinski definition) is 6. The second-order valence-corrected chi connectivity index (χ2v) is 6.65. The summed E-state index contributed by atoms with van der Waals surface area (Å²) in [5.41, 5.74) is 0.0867. The van der Waals surface area contributed by atoms with Crippen molar-refractivity contribution >= 4 is 21.4 Å². The minimum absolute atomic E-state index is 0.0160. The van der Waals surface area contributed by atoms with Crippen LogP contribution < -0.4 is 10.0 Å². The zero-order chi connectivity index (χ0) is 16.3. The Morgan fingerprint density at radius 3 is 2.82 bits per heavy atom. The molecule has 22 heavy (non-hydrogen) atoms. The molecule has 122 valence electrons. The van der Waals surface area contributed by atoms with Crippen LogP contribution in [0, 0.1) is 10.1 Å². The summed E-state index contributed by atoms with van der Waals surface area (Å²) in [7, 11) is -4.06. The number of ether oxygens (including phenoxy) is 1. The SMILES string of the molecule is CCOC1CCCN(c2ccc([N+](=O)[O-])cc2S(N)(=O)=O)C1. The van der Waals surface area contributed by atoms with Crippen LogP contribution in [0.15, 0.2) is 23.1 Å². The summed E-state index contributed by atoms with van der Waals surface area (Å²) in [4.78, 5) is 11.8. The summed E-state index contributed by atoms with van der Waals surface area (Å²) in [6, 6.07) is 3.73. The third-order valence-corrected chi connectivity index (χ3v) is 4.52. The van der Waals surface area contributed by atoms with Gasteiger partial charge in [0.05, 0.1) is 16.7 Å². The lowest BCUT2D eigenvalue weighted by molar-refractivity contribution is -0.385. The van der Waals surface area contributed by atoms with Crippen LogP contribution in [0.2, 0.25) is 0 Å². The van der Waals surface area contributed by atoms with Gasteiger partial charge in [-0.05, 0) is 25.8 Å². The number of rotatable bonds is 5. The summed E-state index contributed by atoms with van der Waals surface area (Å²) in [5.74, 6) is 0. The van der Waals surface area contributed by atoms with E-state index in [0.29, 0.717) is 25.4 Å². The fourth-order valence-electron chi connectivity index (χ4n) is 2.63. The number of nitrogens with two attached hydrogens (primary N) is 1. The molecule has 8 nitrogen and oxygen atoms in total. The number of anilines is 1. The second kappa shape index (κ2) is 6.59. The van der Waals surface area contributed by atoms with E-state index in [9.17, 15) is 18.5 Å². The van der Waals surface area contributed by atoms with Crippen molar-refractivity contribution in [3.63, 3.8) is 0 Å². The van der Waals surface area contributed by atoms with Crippen molar-refractivity contribution in [2.45, 2.75) is 30.8 Å². The molecule has 1 saturated heterocycles. The highest BCUT2D eigenvalue weighted by atomic mass is 32.2. The van der Waals surface area contributed by atoms with Gasteiger partial charge in [0, 0.05) is 31.8 Å². The molecule has 0 spiro atoms. The normalized spacial score (nSPS) is 19.2. The molecule has 1 atom stereocenters. The van der Waals surface area contributed by atoms with Crippen molar-refractivity contribution in [2.75, 3.05) is 24.6 Å². The standard InChI is InChI=1S/C13H19N3O5S/c1-2-21-11-4-3-7-15(9-11)12-6-5-10(16(17)18)8-13(12)22(14,19)20/h5-6,8,11H,2-4,7,9H2,1H3,(H2,14,19,20). The molecular weight excluding hydrogens is 310 g/mol. The Labute approximate surface area is 129 Å². The van der Waals surface area contributed by atoms with Crippen LogP contribution >= 0.6 is 0 Å². The molecule has 1 aromatic rings. The Kier molecular flexibility index (Phi) is 4.99. The summed E-state index contributed by atoms with van der Waals surface area (Å²) < 4.78 is 29.1. The molecule has 0 radical (unpaired) electrons. The number of nitro benzene ring substituents is 1. The third-order valence-electron chi connectivity index (χ3n) is 3.58. The highest BCUT2D eigenvalue weighted by molar-refractivity contribution is 7.89. The summed E-state index contributed by atoms with van der Waals surface area (Å²) in [6.07, 6.45) is 1.77. The van der Waals surface area contributed by atoms with Gasteiger partial charge in [-0.1, -0.05) is 0 Å². The van der Waals surface area contributed by atoms with E-state index in [2.05, 4.69) is 0 Å². The van der Waals surface area contributed by atoms with Crippen LogP contribution in [0.25, 0.3) is 0 Å². The first-order valence-electron chi connectivity index (χ1n) is 7.00. The molecule has 0 amide bonds. The smallest absolute Gasteiger partial charge is 0.270 e. The van der Waals surface area contributed by atoms with Crippen LogP contribution in [0.1, 0.15) is 19.8 Å².